The molecular weight excluding hydrogens is 337 g/mol. The number of carbonyl (C=O) groups excluding carboxylic acids is 1. The molecule has 0 saturated carbocycles. The molecule has 1 aliphatic rings. The Labute approximate surface area is 142 Å². The third kappa shape index (κ3) is 3.12. The van der Waals surface area contributed by atoms with Crippen molar-refractivity contribution in [2.75, 3.05) is 13.1 Å². The summed E-state index contributed by atoms with van der Waals surface area (Å²) in [6.45, 7) is 0.0172. The first-order chi connectivity index (χ1) is 11.4. The number of likely N-dealkylation sites (tertiary alicyclic amines) is 1. The minimum Gasteiger partial charge on any atom is -0.479 e. The summed E-state index contributed by atoms with van der Waals surface area (Å²) in [7, 11) is 0. The Kier molecular flexibility index (Phi) is 4.28. The normalized spacial score (nSPS) is 20.3. The van der Waals surface area contributed by atoms with E-state index in [1.807, 2.05) is 18.2 Å². The molecule has 1 amide bonds. The number of alkyl halides is 1. The van der Waals surface area contributed by atoms with E-state index in [1.165, 1.54) is 11.1 Å². The van der Waals surface area contributed by atoms with Gasteiger partial charge in [0.05, 0.1) is 24.8 Å². The lowest BCUT2D eigenvalue weighted by Gasteiger charge is -2.16. The molecule has 8 heteroatoms. The van der Waals surface area contributed by atoms with Crippen LogP contribution >= 0.6 is 11.6 Å². The first-order valence-corrected chi connectivity index (χ1v) is 7.74. The zero-order valence-corrected chi connectivity index (χ0v) is 13.4. The summed E-state index contributed by atoms with van der Waals surface area (Å²) < 4.78 is 15.6. The number of nitrogens with zero attached hydrogens (tertiary/aromatic N) is 3. The van der Waals surface area contributed by atoms with Gasteiger partial charge in [0, 0.05) is 24.2 Å². The fourth-order valence-corrected chi connectivity index (χ4v) is 2.86. The first-order valence-electron chi connectivity index (χ1n) is 7.36. The summed E-state index contributed by atoms with van der Waals surface area (Å²) in [5.41, 5.74) is -1.23. The predicted octanol–water partition coefficient (Wildman–Crippen LogP) is 2.22. The minimum atomic E-state index is -2.37. The van der Waals surface area contributed by atoms with E-state index in [4.69, 9.17) is 16.7 Å². The van der Waals surface area contributed by atoms with E-state index in [1.54, 1.807) is 16.9 Å². The van der Waals surface area contributed by atoms with Crippen molar-refractivity contribution in [2.45, 2.75) is 18.6 Å². The van der Waals surface area contributed by atoms with Crippen molar-refractivity contribution in [1.82, 2.24) is 14.7 Å². The second kappa shape index (κ2) is 6.24. The van der Waals surface area contributed by atoms with Crippen LogP contribution in [0.15, 0.2) is 36.7 Å². The zero-order chi connectivity index (χ0) is 17.3. The highest BCUT2D eigenvalue weighted by atomic mass is 35.5. The number of carboxylic acids is 1. The predicted molar refractivity (Wildman–Crippen MR) is 84.8 cm³/mol. The molecule has 6 nitrogen and oxygen atoms in total. The van der Waals surface area contributed by atoms with Crippen LogP contribution in [0.1, 0.15) is 22.3 Å². The molecule has 3 rings (SSSR count). The van der Waals surface area contributed by atoms with Crippen molar-refractivity contribution in [2.24, 2.45) is 0 Å². The summed E-state index contributed by atoms with van der Waals surface area (Å²) in [6, 6.07) is 7.30. The zero-order valence-electron chi connectivity index (χ0n) is 12.7. The number of halogens is 2. The molecule has 2 aromatic rings. The standard InChI is InChI=1S/C16H15ClFN3O3/c17-13-4-2-1-3-11(13)8-21-9-12(7-19-21)14(22)20-6-5-16(18,10-20)15(23)24/h1-4,7,9H,5-6,8,10H2,(H,23,24). The van der Waals surface area contributed by atoms with Crippen LogP contribution in [-0.4, -0.2) is 50.4 Å². The van der Waals surface area contributed by atoms with Gasteiger partial charge >= 0.3 is 5.97 Å². The summed E-state index contributed by atoms with van der Waals surface area (Å²) in [6.07, 6.45) is 2.73. The van der Waals surface area contributed by atoms with E-state index in [0.29, 0.717) is 11.6 Å². The third-order valence-corrected chi connectivity index (χ3v) is 4.43. The van der Waals surface area contributed by atoms with Crippen LogP contribution in [0.2, 0.25) is 5.02 Å². The number of benzene rings is 1. The van der Waals surface area contributed by atoms with Crippen molar-refractivity contribution >= 4 is 23.5 Å². The topological polar surface area (TPSA) is 75.4 Å². The summed E-state index contributed by atoms with van der Waals surface area (Å²) in [5.74, 6) is -1.96. The van der Waals surface area contributed by atoms with Crippen molar-refractivity contribution in [1.29, 1.82) is 0 Å². The second-order valence-electron chi connectivity index (χ2n) is 5.77. The fraction of sp³-hybridized carbons (Fsp3) is 0.312. The van der Waals surface area contributed by atoms with Crippen LogP contribution in [0.3, 0.4) is 0 Å². The second-order valence-corrected chi connectivity index (χ2v) is 6.17. The molecule has 1 aromatic carbocycles. The Morgan fingerprint density at radius 3 is 2.79 bits per heavy atom. The summed E-state index contributed by atoms with van der Waals surface area (Å²) in [4.78, 5) is 24.5. The molecule has 0 spiro atoms. The Morgan fingerprint density at radius 1 is 1.38 bits per heavy atom. The molecule has 0 bridgehead atoms. The van der Waals surface area contributed by atoms with Crippen molar-refractivity contribution in [3.8, 4) is 0 Å². The molecule has 1 saturated heterocycles. The molecule has 0 aliphatic carbocycles. The molecule has 126 valence electrons. The fourth-order valence-electron chi connectivity index (χ4n) is 2.66. The van der Waals surface area contributed by atoms with E-state index in [9.17, 15) is 14.0 Å². The quantitative estimate of drug-likeness (QED) is 0.916. The highest BCUT2D eigenvalue weighted by Gasteiger charge is 2.47. The molecule has 0 radical (unpaired) electrons. The van der Waals surface area contributed by atoms with Gasteiger partial charge in [0.15, 0.2) is 0 Å². The van der Waals surface area contributed by atoms with E-state index >= 15 is 0 Å². The van der Waals surface area contributed by atoms with Gasteiger partial charge in [0.25, 0.3) is 5.91 Å². The molecule has 24 heavy (non-hydrogen) atoms. The van der Waals surface area contributed by atoms with Crippen LogP contribution < -0.4 is 0 Å². The molecule has 1 aromatic heterocycles. The SMILES string of the molecule is O=C(c1cnn(Cc2ccccc2Cl)c1)N1CCC(F)(C(=O)O)C1. The van der Waals surface area contributed by atoms with Gasteiger partial charge in [-0.3, -0.25) is 9.48 Å². The van der Waals surface area contributed by atoms with Gasteiger partial charge in [0.2, 0.25) is 5.67 Å². The number of aliphatic carboxylic acids is 1. The molecule has 1 unspecified atom stereocenters. The number of carboxylic acid groups (broad SMARTS) is 1. The molecule has 2 heterocycles. The number of carbonyl (C=O) groups is 2. The number of aromatic nitrogens is 2. The van der Waals surface area contributed by atoms with Crippen LogP contribution in [0, 0.1) is 0 Å². The van der Waals surface area contributed by atoms with Crippen molar-refractivity contribution in [3.63, 3.8) is 0 Å². The maximum atomic E-state index is 14.1. The Hall–Kier alpha value is -2.41. The Morgan fingerprint density at radius 2 is 2.12 bits per heavy atom. The highest BCUT2D eigenvalue weighted by molar-refractivity contribution is 6.31. The molecule has 1 N–H and O–H groups in total. The largest absolute Gasteiger partial charge is 0.479 e. The van der Waals surface area contributed by atoms with Gasteiger partial charge in [-0.25, -0.2) is 9.18 Å². The van der Waals surface area contributed by atoms with Gasteiger partial charge in [-0.2, -0.15) is 5.10 Å². The van der Waals surface area contributed by atoms with Crippen LogP contribution in [0.25, 0.3) is 0 Å². The van der Waals surface area contributed by atoms with Crippen LogP contribution in [-0.2, 0) is 11.3 Å². The maximum Gasteiger partial charge on any atom is 0.343 e. The van der Waals surface area contributed by atoms with Gasteiger partial charge in [-0.05, 0) is 11.6 Å². The number of hydrogen-bond acceptors (Lipinski definition) is 3. The van der Waals surface area contributed by atoms with Gasteiger partial charge in [-0.15, -0.1) is 0 Å². The third-order valence-electron chi connectivity index (χ3n) is 4.06. The van der Waals surface area contributed by atoms with Gasteiger partial charge in [-0.1, -0.05) is 29.8 Å². The van der Waals surface area contributed by atoms with E-state index in [-0.39, 0.29) is 18.5 Å². The highest BCUT2D eigenvalue weighted by Crippen LogP contribution is 2.27. The Balaban J connectivity index is 1.71. The van der Waals surface area contributed by atoms with E-state index < -0.39 is 24.1 Å². The lowest BCUT2D eigenvalue weighted by Crippen LogP contribution is -2.38. The minimum absolute atomic E-state index is 0.0668. The van der Waals surface area contributed by atoms with Crippen LogP contribution in [0.5, 0.6) is 0 Å². The summed E-state index contributed by atoms with van der Waals surface area (Å²) >= 11 is 6.09. The lowest BCUT2D eigenvalue weighted by molar-refractivity contribution is -0.149. The number of hydrogen-bond donors (Lipinski definition) is 1. The molecule has 1 atom stereocenters. The molecule has 1 aliphatic heterocycles. The average molecular weight is 352 g/mol. The van der Waals surface area contributed by atoms with Crippen LogP contribution in [0.4, 0.5) is 4.39 Å². The van der Waals surface area contributed by atoms with Crippen molar-refractivity contribution in [3.05, 3.63) is 52.8 Å². The van der Waals surface area contributed by atoms with E-state index in [2.05, 4.69) is 5.10 Å². The van der Waals surface area contributed by atoms with E-state index in [0.717, 1.165) is 5.56 Å². The first kappa shape index (κ1) is 16.4. The number of amides is 1. The smallest absolute Gasteiger partial charge is 0.343 e. The molecular formula is C16H15ClFN3O3. The monoisotopic (exact) mass is 351 g/mol. The Bertz CT molecular complexity index is 794. The number of rotatable bonds is 4. The molecule has 1 fully saturated rings. The average Bonchev–Trinajstić information content (AvgIpc) is 3.17. The van der Waals surface area contributed by atoms with Gasteiger partial charge in [0.1, 0.15) is 0 Å². The lowest BCUT2D eigenvalue weighted by atomic mass is 10.1. The maximum absolute atomic E-state index is 14.1. The van der Waals surface area contributed by atoms with Crippen molar-refractivity contribution < 1.29 is 19.1 Å². The van der Waals surface area contributed by atoms with Gasteiger partial charge < -0.3 is 10.0 Å². The summed E-state index contributed by atoms with van der Waals surface area (Å²) in [5, 5.41) is 13.6.